The van der Waals surface area contributed by atoms with Gasteiger partial charge in [0.2, 0.25) is 0 Å². The Balaban J connectivity index is 2.33. The molecule has 5 heteroatoms. The Morgan fingerprint density at radius 3 is 3.00 bits per heavy atom. The summed E-state index contributed by atoms with van der Waals surface area (Å²) < 4.78 is 6.48. The molecule has 1 atom stereocenters. The van der Waals surface area contributed by atoms with Crippen molar-refractivity contribution in [1.29, 1.82) is 0 Å². The molecule has 4 nitrogen and oxygen atoms in total. The van der Waals surface area contributed by atoms with Crippen LogP contribution in [0.15, 0.2) is 27.7 Å². The van der Waals surface area contributed by atoms with E-state index < -0.39 is 0 Å². The third-order valence-corrected chi connectivity index (χ3v) is 3.61. The molecule has 1 heterocycles. The summed E-state index contributed by atoms with van der Waals surface area (Å²) in [4.78, 5) is 6.49. The van der Waals surface area contributed by atoms with Gasteiger partial charge in [0.25, 0.3) is 0 Å². The van der Waals surface area contributed by atoms with Gasteiger partial charge in [0, 0.05) is 16.6 Å². The summed E-state index contributed by atoms with van der Waals surface area (Å²) in [6.07, 6.45) is 1.04. The number of halogens is 1. The number of aliphatic imine (C=N–C) groups is 1. The number of methoxy groups -OCH3 is 1. The summed E-state index contributed by atoms with van der Waals surface area (Å²) in [6, 6.07) is 6.21. The molecule has 1 aliphatic rings. The number of nitrogens with two attached hydrogens (primary N) is 1. The third kappa shape index (κ3) is 2.46. The molecule has 2 rings (SSSR count). The van der Waals surface area contributed by atoms with E-state index >= 15 is 0 Å². The van der Waals surface area contributed by atoms with Crippen molar-refractivity contribution in [3.63, 3.8) is 0 Å². The van der Waals surface area contributed by atoms with Crippen molar-refractivity contribution >= 4 is 21.9 Å². The molecule has 98 valence electrons. The molecule has 1 aromatic carbocycles. The van der Waals surface area contributed by atoms with Crippen molar-refractivity contribution in [2.45, 2.75) is 19.4 Å². The van der Waals surface area contributed by atoms with E-state index in [0.29, 0.717) is 12.5 Å². The van der Waals surface area contributed by atoms with Crippen LogP contribution in [0.4, 0.5) is 0 Å². The first kappa shape index (κ1) is 13.2. The van der Waals surface area contributed by atoms with E-state index in [-0.39, 0.29) is 6.04 Å². The summed E-state index contributed by atoms with van der Waals surface area (Å²) in [6.45, 7) is 3.75. The quantitative estimate of drug-likeness (QED) is 0.929. The second-order valence-corrected chi connectivity index (χ2v) is 5.21. The molecule has 0 saturated heterocycles. The first-order valence-electron chi connectivity index (χ1n) is 6.07. The van der Waals surface area contributed by atoms with Crippen LogP contribution in [0.2, 0.25) is 0 Å². The molecule has 0 aliphatic carbocycles. The molecule has 1 unspecified atom stereocenters. The molecule has 0 radical (unpaired) electrons. The summed E-state index contributed by atoms with van der Waals surface area (Å²) in [5, 5.41) is 0. The minimum absolute atomic E-state index is 0.178. The summed E-state index contributed by atoms with van der Waals surface area (Å²) >= 11 is 3.50. The molecule has 0 fully saturated rings. The standard InChI is InChI=1S/C13H18BrN3O/c1-3-6-17-11(8-16-13(17)15)10-7-9(14)4-5-12(10)18-2/h4-5,7,11H,3,6,8H2,1-2H3,(H2,15,16). The molecule has 0 bridgehead atoms. The number of nitrogens with zero attached hydrogens (tertiary/aromatic N) is 2. The normalized spacial score (nSPS) is 18.9. The molecule has 1 aliphatic heterocycles. The summed E-state index contributed by atoms with van der Waals surface area (Å²) in [5.74, 6) is 1.51. The second-order valence-electron chi connectivity index (χ2n) is 4.29. The largest absolute Gasteiger partial charge is 0.496 e. The van der Waals surface area contributed by atoms with Crippen molar-refractivity contribution in [1.82, 2.24) is 4.90 Å². The van der Waals surface area contributed by atoms with Crippen LogP contribution in [-0.2, 0) is 0 Å². The predicted molar refractivity (Wildman–Crippen MR) is 76.9 cm³/mol. The van der Waals surface area contributed by atoms with Crippen molar-refractivity contribution in [2.75, 3.05) is 20.2 Å². The Kier molecular flexibility index (Phi) is 4.11. The summed E-state index contributed by atoms with van der Waals surface area (Å²) in [7, 11) is 1.69. The van der Waals surface area contributed by atoms with Crippen LogP contribution in [-0.4, -0.2) is 31.1 Å². The lowest BCUT2D eigenvalue weighted by atomic mass is 10.0. The van der Waals surface area contributed by atoms with Gasteiger partial charge in [0.1, 0.15) is 5.75 Å². The van der Waals surface area contributed by atoms with Gasteiger partial charge in [-0.2, -0.15) is 0 Å². The molecule has 0 saturated carbocycles. The van der Waals surface area contributed by atoms with Gasteiger partial charge >= 0.3 is 0 Å². The van der Waals surface area contributed by atoms with Crippen LogP contribution >= 0.6 is 15.9 Å². The van der Waals surface area contributed by atoms with E-state index in [2.05, 4.69) is 38.8 Å². The van der Waals surface area contributed by atoms with Crippen LogP contribution in [0.1, 0.15) is 24.9 Å². The van der Waals surface area contributed by atoms with Crippen LogP contribution in [0.5, 0.6) is 5.75 Å². The van der Waals surface area contributed by atoms with Gasteiger partial charge in [-0.15, -0.1) is 0 Å². The highest BCUT2D eigenvalue weighted by atomic mass is 79.9. The predicted octanol–water partition coefficient (Wildman–Crippen LogP) is 2.54. The molecule has 0 amide bonds. The topological polar surface area (TPSA) is 50.8 Å². The highest BCUT2D eigenvalue weighted by Gasteiger charge is 2.29. The van der Waals surface area contributed by atoms with Crippen LogP contribution in [0.25, 0.3) is 0 Å². The van der Waals surface area contributed by atoms with Crippen molar-refractivity contribution < 1.29 is 4.74 Å². The number of rotatable bonds is 4. The van der Waals surface area contributed by atoms with Crippen LogP contribution in [0.3, 0.4) is 0 Å². The van der Waals surface area contributed by atoms with Gasteiger partial charge in [-0.05, 0) is 24.6 Å². The zero-order chi connectivity index (χ0) is 13.1. The molecule has 0 spiro atoms. The minimum atomic E-state index is 0.178. The molecule has 18 heavy (non-hydrogen) atoms. The zero-order valence-electron chi connectivity index (χ0n) is 10.7. The van der Waals surface area contributed by atoms with E-state index in [0.717, 1.165) is 28.8 Å². The van der Waals surface area contributed by atoms with Gasteiger partial charge in [-0.25, -0.2) is 0 Å². The molecule has 2 N–H and O–H groups in total. The van der Waals surface area contributed by atoms with E-state index in [1.165, 1.54) is 0 Å². The van der Waals surface area contributed by atoms with E-state index in [1.54, 1.807) is 7.11 Å². The number of guanidine groups is 1. The Bertz CT molecular complexity index is 462. The smallest absolute Gasteiger partial charge is 0.191 e. The van der Waals surface area contributed by atoms with Crippen molar-refractivity contribution in [3.05, 3.63) is 28.2 Å². The fraction of sp³-hybridized carbons (Fsp3) is 0.462. The van der Waals surface area contributed by atoms with Crippen LogP contribution < -0.4 is 10.5 Å². The van der Waals surface area contributed by atoms with Gasteiger partial charge in [-0.3, -0.25) is 4.99 Å². The minimum Gasteiger partial charge on any atom is -0.496 e. The van der Waals surface area contributed by atoms with Crippen molar-refractivity contribution in [3.8, 4) is 5.75 Å². The maximum atomic E-state index is 5.95. The molecular formula is C13H18BrN3O. The molecular weight excluding hydrogens is 294 g/mol. The first-order chi connectivity index (χ1) is 8.67. The van der Waals surface area contributed by atoms with Gasteiger partial charge in [-0.1, -0.05) is 22.9 Å². The number of benzene rings is 1. The lowest BCUT2D eigenvalue weighted by molar-refractivity contribution is 0.330. The summed E-state index contributed by atoms with van der Waals surface area (Å²) in [5.41, 5.74) is 7.07. The SMILES string of the molecule is CCCN1C(N)=NCC1c1cc(Br)ccc1OC. The highest BCUT2D eigenvalue weighted by molar-refractivity contribution is 9.10. The monoisotopic (exact) mass is 311 g/mol. The first-order valence-corrected chi connectivity index (χ1v) is 6.86. The lowest BCUT2D eigenvalue weighted by Gasteiger charge is -2.27. The Morgan fingerprint density at radius 2 is 2.33 bits per heavy atom. The lowest BCUT2D eigenvalue weighted by Crippen LogP contribution is -2.36. The number of ether oxygens (including phenoxy) is 1. The second kappa shape index (κ2) is 5.61. The highest BCUT2D eigenvalue weighted by Crippen LogP contribution is 2.34. The molecule has 1 aromatic rings. The van der Waals surface area contributed by atoms with Crippen LogP contribution in [0, 0.1) is 0 Å². The van der Waals surface area contributed by atoms with Gasteiger partial charge in [0.15, 0.2) is 5.96 Å². The van der Waals surface area contributed by atoms with Gasteiger partial charge in [0.05, 0.1) is 19.7 Å². The Labute approximate surface area is 116 Å². The molecule has 0 aromatic heterocycles. The average Bonchev–Trinajstić information content (AvgIpc) is 2.72. The Morgan fingerprint density at radius 1 is 1.56 bits per heavy atom. The maximum absolute atomic E-state index is 5.95. The van der Waals surface area contributed by atoms with E-state index in [4.69, 9.17) is 10.5 Å². The fourth-order valence-corrected chi connectivity index (χ4v) is 2.65. The van der Waals surface area contributed by atoms with E-state index in [9.17, 15) is 0 Å². The maximum Gasteiger partial charge on any atom is 0.191 e. The number of hydrogen-bond acceptors (Lipinski definition) is 4. The third-order valence-electron chi connectivity index (χ3n) is 3.11. The van der Waals surface area contributed by atoms with E-state index in [1.807, 2.05) is 12.1 Å². The average molecular weight is 312 g/mol. The Hall–Kier alpha value is -1.23. The van der Waals surface area contributed by atoms with Gasteiger partial charge < -0.3 is 15.4 Å². The number of hydrogen-bond donors (Lipinski definition) is 1. The fourth-order valence-electron chi connectivity index (χ4n) is 2.27. The van der Waals surface area contributed by atoms with Crippen molar-refractivity contribution in [2.24, 2.45) is 10.7 Å². The zero-order valence-corrected chi connectivity index (χ0v) is 12.3.